The lowest BCUT2D eigenvalue weighted by Crippen LogP contribution is -2.09. The molecule has 0 aliphatic rings. The van der Waals surface area contributed by atoms with Crippen molar-refractivity contribution in [1.82, 2.24) is 0 Å². The van der Waals surface area contributed by atoms with E-state index in [2.05, 4.69) is 0 Å². The number of anilines is 1. The van der Waals surface area contributed by atoms with E-state index in [1.54, 1.807) is 0 Å². The van der Waals surface area contributed by atoms with Gasteiger partial charge in [0, 0.05) is 12.6 Å². The second-order valence-electron chi connectivity index (χ2n) is 5.75. The summed E-state index contributed by atoms with van der Waals surface area (Å²) in [7, 11) is 0. The number of nitrogen functional groups attached to an aromatic ring is 1. The Labute approximate surface area is 149 Å². The Kier molecular flexibility index (Phi) is 6.13. The van der Waals surface area contributed by atoms with Crippen LogP contribution in [0.15, 0.2) is 36.4 Å². The van der Waals surface area contributed by atoms with E-state index < -0.39 is 17.7 Å². The lowest BCUT2D eigenvalue weighted by molar-refractivity contribution is -0.142. The molecular formula is C19H20F3NO3. The van der Waals surface area contributed by atoms with Crippen LogP contribution in [0.2, 0.25) is 0 Å². The third kappa shape index (κ3) is 4.91. The van der Waals surface area contributed by atoms with Crippen molar-refractivity contribution >= 4 is 11.7 Å². The summed E-state index contributed by atoms with van der Waals surface area (Å²) in [5, 5.41) is 0. The second-order valence-corrected chi connectivity index (χ2v) is 5.75. The molecule has 0 aliphatic heterocycles. The number of esters is 1. The van der Waals surface area contributed by atoms with Gasteiger partial charge in [-0.05, 0) is 47.4 Å². The summed E-state index contributed by atoms with van der Waals surface area (Å²) in [6.07, 6.45) is -3.88. The molecule has 2 aromatic carbocycles. The molecule has 140 valence electrons. The first-order chi connectivity index (χ1) is 12.2. The zero-order valence-corrected chi connectivity index (χ0v) is 14.5. The number of halogens is 3. The molecule has 0 saturated heterocycles. The zero-order valence-electron chi connectivity index (χ0n) is 14.5. The van der Waals surface area contributed by atoms with E-state index in [9.17, 15) is 18.0 Å². The molecule has 2 N–H and O–H groups in total. The minimum Gasteiger partial charge on any atom is -0.494 e. The first-order valence-electron chi connectivity index (χ1n) is 8.08. The van der Waals surface area contributed by atoms with Gasteiger partial charge in [-0.25, -0.2) is 0 Å². The molecule has 0 saturated carbocycles. The van der Waals surface area contributed by atoms with Gasteiger partial charge in [0.1, 0.15) is 12.4 Å². The molecule has 7 heteroatoms. The summed E-state index contributed by atoms with van der Waals surface area (Å²) in [6.45, 7) is 3.26. The first-order valence-corrected chi connectivity index (χ1v) is 8.08. The van der Waals surface area contributed by atoms with Gasteiger partial charge < -0.3 is 15.2 Å². The van der Waals surface area contributed by atoms with Crippen LogP contribution in [0, 0.1) is 0 Å². The Balaban J connectivity index is 2.54. The van der Waals surface area contributed by atoms with Gasteiger partial charge in [0.25, 0.3) is 0 Å². The van der Waals surface area contributed by atoms with Crippen molar-refractivity contribution in [3.8, 4) is 16.9 Å². The van der Waals surface area contributed by atoms with Gasteiger partial charge in [0.2, 0.25) is 0 Å². The van der Waals surface area contributed by atoms with Crippen LogP contribution in [0.3, 0.4) is 0 Å². The van der Waals surface area contributed by atoms with Crippen molar-refractivity contribution in [3.63, 3.8) is 0 Å². The number of hydrogen-bond acceptors (Lipinski definition) is 4. The van der Waals surface area contributed by atoms with Gasteiger partial charge in [-0.3, -0.25) is 4.79 Å². The number of hydrogen-bond donors (Lipinski definition) is 1. The quantitative estimate of drug-likeness (QED) is 0.588. The molecule has 2 aromatic rings. The number of carbonyl (C=O) groups is 1. The van der Waals surface area contributed by atoms with Crippen LogP contribution in [0.4, 0.5) is 18.9 Å². The van der Waals surface area contributed by atoms with E-state index in [4.69, 9.17) is 15.2 Å². The Morgan fingerprint density at radius 1 is 1.12 bits per heavy atom. The smallest absolute Gasteiger partial charge is 0.417 e. The van der Waals surface area contributed by atoms with E-state index in [-0.39, 0.29) is 17.9 Å². The van der Waals surface area contributed by atoms with Gasteiger partial charge in [-0.1, -0.05) is 19.1 Å². The van der Waals surface area contributed by atoms with E-state index >= 15 is 0 Å². The van der Waals surface area contributed by atoms with Crippen LogP contribution >= 0.6 is 0 Å². The Morgan fingerprint density at radius 2 is 1.81 bits per heavy atom. The van der Waals surface area contributed by atoms with Crippen LogP contribution in [-0.2, 0) is 22.3 Å². The topological polar surface area (TPSA) is 61.6 Å². The Hall–Kier alpha value is -2.70. The van der Waals surface area contributed by atoms with Crippen molar-refractivity contribution in [2.75, 3.05) is 12.3 Å². The van der Waals surface area contributed by atoms with Gasteiger partial charge in [0.05, 0.1) is 12.2 Å². The number of rotatable bonds is 6. The second kappa shape index (κ2) is 8.12. The van der Waals surface area contributed by atoms with Gasteiger partial charge in [-0.15, -0.1) is 0 Å². The van der Waals surface area contributed by atoms with Crippen molar-refractivity contribution in [1.29, 1.82) is 0 Å². The average molecular weight is 367 g/mol. The Morgan fingerprint density at radius 3 is 2.42 bits per heavy atom. The fraction of sp³-hybridized carbons (Fsp3) is 0.316. The maximum atomic E-state index is 13.6. The third-order valence-electron chi connectivity index (χ3n) is 3.62. The largest absolute Gasteiger partial charge is 0.494 e. The van der Waals surface area contributed by atoms with Gasteiger partial charge in [-0.2, -0.15) is 13.2 Å². The number of ether oxygens (including phenoxy) is 2. The molecular weight excluding hydrogens is 347 g/mol. The number of benzene rings is 2. The van der Waals surface area contributed by atoms with E-state index in [1.807, 2.05) is 6.92 Å². The molecule has 0 fully saturated rings. The highest BCUT2D eigenvalue weighted by molar-refractivity contribution is 5.74. The molecule has 4 nitrogen and oxygen atoms in total. The van der Waals surface area contributed by atoms with Crippen molar-refractivity contribution < 1.29 is 27.4 Å². The molecule has 0 spiro atoms. The monoisotopic (exact) mass is 367 g/mol. The number of nitrogens with two attached hydrogens (primary N) is 1. The van der Waals surface area contributed by atoms with E-state index in [0.29, 0.717) is 29.8 Å². The van der Waals surface area contributed by atoms with Crippen LogP contribution < -0.4 is 10.5 Å². The van der Waals surface area contributed by atoms with Gasteiger partial charge >= 0.3 is 12.1 Å². The molecule has 0 bridgehead atoms. The summed E-state index contributed by atoms with van der Waals surface area (Å²) in [4.78, 5) is 11.1. The van der Waals surface area contributed by atoms with Crippen LogP contribution in [0.5, 0.6) is 5.75 Å². The molecule has 0 radical (unpaired) electrons. The van der Waals surface area contributed by atoms with Crippen molar-refractivity contribution in [3.05, 3.63) is 47.5 Å². The molecule has 0 heterocycles. The standard InChI is InChI=1S/C19H20F3NO3/c1-3-8-25-15-5-7-17(18(10-15)19(20,21)22)16-6-4-14(23)9-13(16)11-26-12(2)24/h4-7,9-10H,3,8,11,23H2,1-2H3. The SMILES string of the molecule is CCCOc1ccc(-c2ccc(N)cc2COC(C)=O)c(C(F)(F)F)c1. The number of carbonyl (C=O) groups excluding carboxylic acids is 1. The highest BCUT2D eigenvalue weighted by Gasteiger charge is 2.34. The molecule has 0 amide bonds. The lowest BCUT2D eigenvalue weighted by atomic mass is 9.94. The van der Waals surface area contributed by atoms with E-state index in [1.165, 1.54) is 37.3 Å². The molecule has 0 aromatic heterocycles. The molecule has 0 atom stereocenters. The summed E-state index contributed by atoms with van der Waals surface area (Å²) in [6, 6.07) is 8.33. The summed E-state index contributed by atoms with van der Waals surface area (Å²) < 4.78 is 51.1. The predicted octanol–water partition coefficient (Wildman–Crippen LogP) is 4.81. The Bertz CT molecular complexity index is 788. The summed E-state index contributed by atoms with van der Waals surface area (Å²) in [5.41, 5.74) is 5.95. The fourth-order valence-electron chi connectivity index (χ4n) is 2.48. The summed E-state index contributed by atoms with van der Waals surface area (Å²) in [5.74, 6) is -0.377. The molecule has 0 unspecified atom stereocenters. The van der Waals surface area contributed by atoms with Crippen molar-refractivity contribution in [2.24, 2.45) is 0 Å². The third-order valence-corrected chi connectivity index (χ3v) is 3.62. The highest BCUT2D eigenvalue weighted by atomic mass is 19.4. The van der Waals surface area contributed by atoms with Crippen LogP contribution in [0.25, 0.3) is 11.1 Å². The maximum Gasteiger partial charge on any atom is 0.417 e. The number of alkyl halides is 3. The zero-order chi connectivity index (χ0) is 19.3. The highest BCUT2D eigenvalue weighted by Crippen LogP contribution is 2.40. The summed E-state index contributed by atoms with van der Waals surface area (Å²) >= 11 is 0. The van der Waals surface area contributed by atoms with E-state index in [0.717, 1.165) is 6.07 Å². The van der Waals surface area contributed by atoms with Crippen LogP contribution in [0.1, 0.15) is 31.4 Å². The minimum atomic E-state index is -4.57. The van der Waals surface area contributed by atoms with Gasteiger partial charge in [0.15, 0.2) is 0 Å². The average Bonchev–Trinajstić information content (AvgIpc) is 2.57. The fourth-order valence-corrected chi connectivity index (χ4v) is 2.48. The predicted molar refractivity (Wildman–Crippen MR) is 92.5 cm³/mol. The molecule has 26 heavy (non-hydrogen) atoms. The first kappa shape index (κ1) is 19.6. The van der Waals surface area contributed by atoms with Crippen molar-refractivity contribution in [2.45, 2.75) is 33.1 Å². The minimum absolute atomic E-state index is 0.0245. The maximum absolute atomic E-state index is 13.6. The van der Waals surface area contributed by atoms with Crippen LogP contribution in [-0.4, -0.2) is 12.6 Å². The molecule has 0 aliphatic carbocycles. The normalized spacial score (nSPS) is 11.3. The molecule has 2 rings (SSSR count). The lowest BCUT2D eigenvalue weighted by Gasteiger charge is -2.18.